The third-order valence-electron chi connectivity index (χ3n) is 3.16. The van der Waals surface area contributed by atoms with E-state index in [1.54, 1.807) is 4.90 Å². The molecule has 1 fully saturated rings. The van der Waals surface area contributed by atoms with E-state index in [1.165, 1.54) is 28.6 Å². The largest absolute Gasteiger partial charge is 0.478 e. The van der Waals surface area contributed by atoms with Crippen LogP contribution in [0.5, 0.6) is 0 Å². The number of terminal acetylenes is 1. The Balaban J connectivity index is 2.19. The van der Waals surface area contributed by atoms with E-state index < -0.39 is 16.0 Å². The molecule has 1 N–H and O–H groups in total. The summed E-state index contributed by atoms with van der Waals surface area (Å²) in [6.07, 6.45) is 5.27. The van der Waals surface area contributed by atoms with E-state index in [0.717, 1.165) is 0 Å². The zero-order chi connectivity index (χ0) is 14.8. The van der Waals surface area contributed by atoms with Crippen LogP contribution in [0.2, 0.25) is 0 Å². The molecular formula is C13H14N2O4S. The highest BCUT2D eigenvalue weighted by atomic mass is 32.2. The molecule has 1 aromatic carbocycles. The minimum absolute atomic E-state index is 0.0566. The Kier molecular flexibility index (Phi) is 3.97. The third-order valence-corrected chi connectivity index (χ3v) is 5.07. The van der Waals surface area contributed by atoms with Gasteiger partial charge in [0.1, 0.15) is 0 Å². The Labute approximate surface area is 117 Å². The molecule has 1 heterocycles. The highest BCUT2D eigenvalue weighted by Gasteiger charge is 2.27. The molecule has 106 valence electrons. The molecular weight excluding hydrogens is 280 g/mol. The SMILES string of the molecule is C#CN1CCN(S(=O)(=O)c2ccc(C(=O)O)cc2)CC1. The molecule has 7 heteroatoms. The van der Waals surface area contributed by atoms with Crippen LogP contribution in [0, 0.1) is 12.5 Å². The normalized spacial score (nSPS) is 16.6. The fraction of sp³-hybridized carbons (Fsp3) is 0.308. The number of hydrogen-bond donors (Lipinski definition) is 1. The maximum Gasteiger partial charge on any atom is 0.335 e. The lowest BCUT2D eigenvalue weighted by Gasteiger charge is -2.31. The van der Waals surface area contributed by atoms with Crippen LogP contribution in [0.4, 0.5) is 0 Å². The fourth-order valence-electron chi connectivity index (χ4n) is 1.98. The predicted molar refractivity (Wildman–Crippen MR) is 72.6 cm³/mol. The van der Waals surface area contributed by atoms with Crippen LogP contribution >= 0.6 is 0 Å². The first kappa shape index (κ1) is 14.4. The van der Waals surface area contributed by atoms with Crippen LogP contribution < -0.4 is 0 Å². The summed E-state index contributed by atoms with van der Waals surface area (Å²) >= 11 is 0. The molecule has 6 nitrogen and oxygen atoms in total. The number of hydrogen-bond acceptors (Lipinski definition) is 4. The van der Waals surface area contributed by atoms with Gasteiger partial charge in [0.25, 0.3) is 0 Å². The van der Waals surface area contributed by atoms with Gasteiger partial charge in [0.15, 0.2) is 0 Å². The standard InChI is InChI=1S/C13H14N2O4S/c1-2-14-7-9-15(10-8-14)20(18,19)12-5-3-11(4-6-12)13(16)17/h1,3-6H,7-10H2,(H,16,17). The van der Waals surface area contributed by atoms with Crippen LogP contribution in [0.25, 0.3) is 0 Å². The first-order valence-corrected chi connectivity index (χ1v) is 7.44. The van der Waals surface area contributed by atoms with Crippen LogP contribution in [-0.2, 0) is 10.0 Å². The molecule has 0 unspecified atom stereocenters. The third kappa shape index (κ3) is 2.76. The minimum atomic E-state index is -3.59. The summed E-state index contributed by atoms with van der Waals surface area (Å²) in [4.78, 5) is 12.6. The number of rotatable bonds is 3. The van der Waals surface area contributed by atoms with Gasteiger partial charge in [-0.15, -0.1) is 0 Å². The van der Waals surface area contributed by atoms with Gasteiger partial charge >= 0.3 is 5.97 Å². The summed E-state index contributed by atoms with van der Waals surface area (Å²) in [6, 6.07) is 7.68. The molecule has 0 aliphatic carbocycles. The molecule has 0 bridgehead atoms. The number of sulfonamides is 1. The molecule has 1 aliphatic heterocycles. The van der Waals surface area contributed by atoms with Gasteiger partial charge in [-0.05, 0) is 24.3 Å². The number of carboxylic acids is 1. The highest BCUT2D eigenvalue weighted by molar-refractivity contribution is 7.89. The predicted octanol–water partition coefficient (Wildman–Crippen LogP) is 0.282. The second-order valence-electron chi connectivity index (χ2n) is 4.35. The summed E-state index contributed by atoms with van der Waals surface area (Å²) < 4.78 is 26.1. The van der Waals surface area contributed by atoms with E-state index in [0.29, 0.717) is 26.2 Å². The van der Waals surface area contributed by atoms with Gasteiger partial charge in [-0.2, -0.15) is 4.31 Å². The second-order valence-corrected chi connectivity index (χ2v) is 6.29. The van der Waals surface area contributed by atoms with Crippen molar-refractivity contribution in [1.82, 2.24) is 9.21 Å². The first-order chi connectivity index (χ1) is 9.45. The molecule has 1 aliphatic rings. The Morgan fingerprint density at radius 1 is 1.15 bits per heavy atom. The van der Waals surface area contributed by atoms with Crippen LogP contribution in [0.1, 0.15) is 10.4 Å². The lowest BCUT2D eigenvalue weighted by atomic mass is 10.2. The summed E-state index contributed by atoms with van der Waals surface area (Å²) in [6.45, 7) is 1.63. The zero-order valence-electron chi connectivity index (χ0n) is 10.7. The van der Waals surface area contributed by atoms with Gasteiger partial charge in [-0.25, -0.2) is 13.2 Å². The van der Waals surface area contributed by atoms with E-state index in [9.17, 15) is 13.2 Å². The van der Waals surface area contributed by atoms with Crippen molar-refractivity contribution in [1.29, 1.82) is 0 Å². The van der Waals surface area contributed by atoms with Crippen LogP contribution in [0.15, 0.2) is 29.2 Å². The average Bonchev–Trinajstić information content (AvgIpc) is 2.47. The van der Waals surface area contributed by atoms with Crippen molar-refractivity contribution in [2.45, 2.75) is 4.90 Å². The van der Waals surface area contributed by atoms with Gasteiger partial charge in [0.05, 0.1) is 10.5 Å². The van der Waals surface area contributed by atoms with E-state index in [1.807, 2.05) is 0 Å². The van der Waals surface area contributed by atoms with Gasteiger partial charge < -0.3 is 10.0 Å². The molecule has 1 saturated heterocycles. The second kappa shape index (κ2) is 5.53. The number of aromatic carboxylic acids is 1. The molecule has 0 amide bonds. The van der Waals surface area contributed by atoms with Crippen molar-refractivity contribution in [2.24, 2.45) is 0 Å². The van der Waals surface area contributed by atoms with Crippen molar-refractivity contribution < 1.29 is 18.3 Å². The van der Waals surface area contributed by atoms with E-state index in [-0.39, 0.29) is 10.5 Å². The van der Waals surface area contributed by atoms with Crippen molar-refractivity contribution in [3.05, 3.63) is 29.8 Å². The summed E-state index contributed by atoms with van der Waals surface area (Å²) in [5.41, 5.74) is 0.0566. The number of benzene rings is 1. The molecule has 0 spiro atoms. The zero-order valence-corrected chi connectivity index (χ0v) is 11.5. The Hall–Kier alpha value is -2.04. The quantitative estimate of drug-likeness (QED) is 0.810. The van der Waals surface area contributed by atoms with E-state index in [2.05, 4.69) is 6.04 Å². The van der Waals surface area contributed by atoms with Crippen LogP contribution in [0.3, 0.4) is 0 Å². The average molecular weight is 294 g/mol. The maximum absolute atomic E-state index is 12.4. The molecule has 0 saturated carbocycles. The molecule has 0 atom stereocenters. The molecule has 1 aromatic rings. The number of piperazine rings is 1. The monoisotopic (exact) mass is 294 g/mol. The molecule has 20 heavy (non-hydrogen) atoms. The van der Waals surface area contributed by atoms with Crippen molar-refractivity contribution in [3.63, 3.8) is 0 Å². The summed E-state index contributed by atoms with van der Waals surface area (Å²) in [7, 11) is -3.59. The highest BCUT2D eigenvalue weighted by Crippen LogP contribution is 2.18. The fourth-order valence-corrected chi connectivity index (χ4v) is 3.40. The van der Waals surface area contributed by atoms with Crippen molar-refractivity contribution in [2.75, 3.05) is 26.2 Å². The minimum Gasteiger partial charge on any atom is -0.478 e. The smallest absolute Gasteiger partial charge is 0.335 e. The topological polar surface area (TPSA) is 77.9 Å². The number of carbonyl (C=O) groups is 1. The Bertz CT molecular complexity index is 638. The molecule has 0 radical (unpaired) electrons. The van der Waals surface area contributed by atoms with Crippen molar-refractivity contribution >= 4 is 16.0 Å². The number of nitrogens with zero attached hydrogens (tertiary/aromatic N) is 2. The van der Waals surface area contributed by atoms with Gasteiger partial charge in [-0.3, -0.25) is 0 Å². The van der Waals surface area contributed by atoms with Gasteiger partial charge in [0, 0.05) is 32.2 Å². The van der Waals surface area contributed by atoms with E-state index >= 15 is 0 Å². The lowest BCUT2D eigenvalue weighted by molar-refractivity contribution is 0.0696. The van der Waals surface area contributed by atoms with Crippen molar-refractivity contribution in [3.8, 4) is 12.5 Å². The molecule has 2 rings (SSSR count). The lowest BCUT2D eigenvalue weighted by Crippen LogP contribution is -2.46. The Morgan fingerprint density at radius 3 is 2.15 bits per heavy atom. The summed E-state index contributed by atoms with van der Waals surface area (Å²) in [5.74, 6) is -1.09. The number of carboxylic acid groups (broad SMARTS) is 1. The maximum atomic E-state index is 12.4. The summed E-state index contributed by atoms with van der Waals surface area (Å²) in [5, 5.41) is 8.80. The van der Waals surface area contributed by atoms with Gasteiger partial charge in [0.2, 0.25) is 10.0 Å². The van der Waals surface area contributed by atoms with Gasteiger partial charge in [-0.1, -0.05) is 6.42 Å². The van der Waals surface area contributed by atoms with E-state index in [4.69, 9.17) is 11.5 Å². The Morgan fingerprint density at radius 2 is 1.70 bits per heavy atom. The molecule has 0 aromatic heterocycles. The van der Waals surface area contributed by atoms with Crippen LogP contribution in [-0.4, -0.2) is 54.9 Å². The first-order valence-electron chi connectivity index (χ1n) is 6.00.